The highest BCUT2D eigenvalue weighted by molar-refractivity contribution is 6.42. The van der Waals surface area contributed by atoms with Gasteiger partial charge in [-0.2, -0.15) is 0 Å². The van der Waals surface area contributed by atoms with E-state index >= 15 is 0 Å². The number of aliphatic hydroxyl groups is 1. The number of aliphatic hydroxyl groups excluding tert-OH is 1. The molecule has 2 nitrogen and oxygen atoms in total. The molecule has 0 aliphatic heterocycles. The second kappa shape index (κ2) is 5.78. The molecule has 0 aliphatic carbocycles. The van der Waals surface area contributed by atoms with E-state index in [2.05, 4.69) is 0 Å². The minimum atomic E-state index is -0.858. The van der Waals surface area contributed by atoms with E-state index in [4.69, 9.17) is 27.9 Å². The van der Waals surface area contributed by atoms with E-state index in [0.29, 0.717) is 22.1 Å². The molecule has 1 atom stereocenters. The van der Waals surface area contributed by atoms with Gasteiger partial charge in [-0.05, 0) is 37.3 Å². The van der Waals surface area contributed by atoms with Crippen LogP contribution in [0.15, 0.2) is 36.4 Å². The number of benzene rings is 2. The summed E-state index contributed by atoms with van der Waals surface area (Å²) in [6.07, 6.45) is -0.858. The zero-order chi connectivity index (χ0) is 14.0. The third kappa shape index (κ3) is 3.18. The molecule has 2 rings (SSSR count). The molecular formula is C14H11Cl2FO2. The van der Waals surface area contributed by atoms with E-state index in [9.17, 15) is 9.50 Å². The molecule has 0 aliphatic rings. The molecule has 0 aromatic heterocycles. The second-order valence-electron chi connectivity index (χ2n) is 4.01. The van der Waals surface area contributed by atoms with Crippen molar-refractivity contribution in [3.8, 4) is 11.5 Å². The van der Waals surface area contributed by atoms with Gasteiger partial charge in [-0.3, -0.25) is 0 Å². The van der Waals surface area contributed by atoms with Gasteiger partial charge in [0.05, 0.1) is 11.1 Å². The van der Waals surface area contributed by atoms with Gasteiger partial charge in [0.15, 0.2) is 0 Å². The Balaban J connectivity index is 2.41. The molecule has 0 unspecified atom stereocenters. The first kappa shape index (κ1) is 14.1. The van der Waals surface area contributed by atoms with Gasteiger partial charge in [0.2, 0.25) is 0 Å². The van der Waals surface area contributed by atoms with E-state index in [1.807, 2.05) is 0 Å². The highest BCUT2D eigenvalue weighted by atomic mass is 35.5. The zero-order valence-corrected chi connectivity index (χ0v) is 11.5. The number of hydrogen-bond acceptors (Lipinski definition) is 2. The van der Waals surface area contributed by atoms with Crippen molar-refractivity contribution in [2.75, 3.05) is 0 Å². The molecule has 5 heteroatoms. The summed E-state index contributed by atoms with van der Waals surface area (Å²) >= 11 is 11.9. The Labute approximate surface area is 120 Å². The molecule has 0 saturated heterocycles. The average molecular weight is 301 g/mol. The predicted molar refractivity (Wildman–Crippen MR) is 73.6 cm³/mol. The molecular weight excluding hydrogens is 290 g/mol. The molecule has 19 heavy (non-hydrogen) atoms. The fourth-order valence-electron chi connectivity index (χ4n) is 1.62. The van der Waals surface area contributed by atoms with Crippen molar-refractivity contribution in [1.82, 2.24) is 0 Å². The summed E-state index contributed by atoms with van der Waals surface area (Å²) in [5.41, 5.74) is 0.344. The highest BCUT2D eigenvalue weighted by Crippen LogP contribution is 2.37. The normalized spacial score (nSPS) is 12.3. The van der Waals surface area contributed by atoms with Gasteiger partial charge in [-0.1, -0.05) is 29.3 Å². The Morgan fingerprint density at radius 2 is 1.89 bits per heavy atom. The van der Waals surface area contributed by atoms with Crippen LogP contribution >= 0.6 is 23.2 Å². The Morgan fingerprint density at radius 1 is 1.16 bits per heavy atom. The van der Waals surface area contributed by atoms with Crippen molar-refractivity contribution >= 4 is 23.2 Å². The van der Waals surface area contributed by atoms with Crippen LogP contribution in [0.1, 0.15) is 18.6 Å². The third-order valence-electron chi connectivity index (χ3n) is 2.56. The van der Waals surface area contributed by atoms with Crippen molar-refractivity contribution in [3.05, 3.63) is 57.8 Å². The van der Waals surface area contributed by atoms with Crippen molar-refractivity contribution in [3.63, 3.8) is 0 Å². The Bertz CT molecular complexity index is 600. The molecule has 2 aromatic carbocycles. The van der Waals surface area contributed by atoms with Crippen LogP contribution in [0.5, 0.6) is 11.5 Å². The maximum atomic E-state index is 13.2. The van der Waals surface area contributed by atoms with Crippen LogP contribution in [0.2, 0.25) is 10.0 Å². The first-order valence-corrected chi connectivity index (χ1v) is 6.34. The number of rotatable bonds is 3. The van der Waals surface area contributed by atoms with Crippen LogP contribution < -0.4 is 4.74 Å². The van der Waals surface area contributed by atoms with Gasteiger partial charge >= 0.3 is 0 Å². The average Bonchev–Trinajstić information content (AvgIpc) is 2.36. The molecule has 2 aromatic rings. The van der Waals surface area contributed by atoms with Gasteiger partial charge < -0.3 is 9.84 Å². The molecule has 0 fully saturated rings. The Kier molecular flexibility index (Phi) is 4.30. The zero-order valence-electron chi connectivity index (χ0n) is 10.0. The summed E-state index contributed by atoms with van der Waals surface area (Å²) in [4.78, 5) is 0. The topological polar surface area (TPSA) is 29.5 Å². The van der Waals surface area contributed by atoms with Gasteiger partial charge in [-0.25, -0.2) is 4.39 Å². The lowest BCUT2D eigenvalue weighted by atomic mass is 10.1. The summed E-state index contributed by atoms with van der Waals surface area (Å²) in [5, 5.41) is 10.3. The minimum absolute atomic E-state index is 0.269. The predicted octanol–water partition coefficient (Wildman–Crippen LogP) is 4.98. The lowest BCUT2D eigenvalue weighted by Crippen LogP contribution is -1.97. The molecule has 0 amide bonds. The summed E-state index contributed by atoms with van der Waals surface area (Å²) in [6.45, 7) is 1.53. The molecule has 0 radical (unpaired) electrons. The number of halogens is 3. The molecule has 1 N–H and O–H groups in total. The molecule has 0 saturated carbocycles. The summed E-state index contributed by atoms with van der Waals surface area (Å²) in [7, 11) is 0. The van der Waals surface area contributed by atoms with Gasteiger partial charge in [0.25, 0.3) is 0 Å². The SMILES string of the molecule is C[C@@H](O)c1cc(F)ccc1Oc1cccc(Cl)c1Cl. The van der Waals surface area contributed by atoms with Crippen LogP contribution in [0.25, 0.3) is 0 Å². The highest BCUT2D eigenvalue weighted by Gasteiger charge is 2.13. The van der Waals surface area contributed by atoms with Crippen LogP contribution in [-0.2, 0) is 0 Å². The van der Waals surface area contributed by atoms with Gasteiger partial charge in [-0.15, -0.1) is 0 Å². The van der Waals surface area contributed by atoms with E-state index < -0.39 is 11.9 Å². The maximum Gasteiger partial charge on any atom is 0.147 e. The quantitative estimate of drug-likeness (QED) is 0.866. The first-order valence-electron chi connectivity index (χ1n) is 5.58. The van der Waals surface area contributed by atoms with Crippen molar-refractivity contribution in [2.45, 2.75) is 13.0 Å². The minimum Gasteiger partial charge on any atom is -0.455 e. The number of ether oxygens (including phenoxy) is 1. The molecule has 0 spiro atoms. The summed E-state index contributed by atoms with van der Waals surface area (Å²) in [5.74, 6) is 0.240. The van der Waals surface area contributed by atoms with Crippen LogP contribution in [0, 0.1) is 5.82 Å². The van der Waals surface area contributed by atoms with Gasteiger partial charge in [0, 0.05) is 5.56 Å². The Morgan fingerprint density at radius 3 is 2.58 bits per heavy atom. The Hall–Kier alpha value is -1.29. The van der Waals surface area contributed by atoms with Crippen LogP contribution in [0.3, 0.4) is 0 Å². The summed E-state index contributed by atoms with van der Waals surface area (Å²) < 4.78 is 18.8. The second-order valence-corrected chi connectivity index (χ2v) is 4.80. The van der Waals surface area contributed by atoms with E-state index in [1.54, 1.807) is 18.2 Å². The lowest BCUT2D eigenvalue weighted by molar-refractivity contribution is 0.195. The van der Waals surface area contributed by atoms with E-state index in [-0.39, 0.29) is 5.02 Å². The fourth-order valence-corrected chi connectivity index (χ4v) is 1.95. The van der Waals surface area contributed by atoms with E-state index in [0.717, 1.165) is 0 Å². The largest absolute Gasteiger partial charge is 0.455 e. The van der Waals surface area contributed by atoms with Crippen LogP contribution in [0.4, 0.5) is 4.39 Å². The smallest absolute Gasteiger partial charge is 0.147 e. The molecule has 100 valence electrons. The molecule has 0 bridgehead atoms. The van der Waals surface area contributed by atoms with Crippen LogP contribution in [-0.4, -0.2) is 5.11 Å². The standard InChI is InChI=1S/C14H11Cl2FO2/c1-8(18)10-7-9(17)5-6-12(10)19-13-4-2-3-11(15)14(13)16/h2-8,18H,1H3/t8-/m1/s1. The fraction of sp³-hybridized carbons (Fsp3) is 0.143. The monoisotopic (exact) mass is 300 g/mol. The summed E-state index contributed by atoms with van der Waals surface area (Å²) in [6, 6.07) is 8.88. The lowest BCUT2D eigenvalue weighted by Gasteiger charge is -2.14. The van der Waals surface area contributed by atoms with E-state index in [1.165, 1.54) is 25.1 Å². The first-order chi connectivity index (χ1) is 8.99. The van der Waals surface area contributed by atoms with Gasteiger partial charge in [0.1, 0.15) is 22.3 Å². The molecule has 0 heterocycles. The third-order valence-corrected chi connectivity index (χ3v) is 3.36. The van der Waals surface area contributed by atoms with Crippen molar-refractivity contribution < 1.29 is 14.2 Å². The van der Waals surface area contributed by atoms with Crippen molar-refractivity contribution in [2.24, 2.45) is 0 Å². The number of hydrogen-bond donors (Lipinski definition) is 1. The maximum absolute atomic E-state index is 13.2. The van der Waals surface area contributed by atoms with Crippen molar-refractivity contribution in [1.29, 1.82) is 0 Å².